The zero-order chi connectivity index (χ0) is 17.1. The summed E-state index contributed by atoms with van der Waals surface area (Å²) in [5, 5.41) is 12.5. The maximum atomic E-state index is 12.5. The molecule has 0 fully saturated rings. The molecular weight excluding hydrogens is 302 g/mol. The molecule has 2 N–H and O–H groups in total. The van der Waals surface area contributed by atoms with Crippen molar-refractivity contribution < 1.29 is 14.6 Å². The van der Waals surface area contributed by atoms with Crippen LogP contribution in [0.25, 0.3) is 0 Å². The zero-order valence-electron chi connectivity index (χ0n) is 14.1. The van der Waals surface area contributed by atoms with E-state index in [4.69, 9.17) is 4.74 Å². The highest BCUT2D eigenvalue weighted by molar-refractivity contribution is 5.83. The fourth-order valence-corrected chi connectivity index (χ4v) is 3.01. The molecule has 0 saturated heterocycles. The Kier molecular flexibility index (Phi) is 4.86. The summed E-state index contributed by atoms with van der Waals surface area (Å²) in [7, 11) is 0. The number of rotatable bonds is 5. The second kappa shape index (κ2) is 7.05. The van der Waals surface area contributed by atoms with E-state index in [9.17, 15) is 9.90 Å². The fourth-order valence-electron chi connectivity index (χ4n) is 3.01. The Balaban J connectivity index is 1.63. The van der Waals surface area contributed by atoms with Crippen LogP contribution in [-0.4, -0.2) is 29.8 Å². The summed E-state index contributed by atoms with van der Waals surface area (Å²) in [6.45, 7) is 4.00. The first kappa shape index (κ1) is 16.5. The van der Waals surface area contributed by atoms with Gasteiger partial charge in [0.25, 0.3) is 5.91 Å². The summed E-state index contributed by atoms with van der Waals surface area (Å²) in [5.74, 6) is 0.623. The highest BCUT2D eigenvalue weighted by atomic mass is 16.5. The van der Waals surface area contributed by atoms with Gasteiger partial charge >= 0.3 is 0 Å². The standard InChI is InChI=1S/C20H23NO3/c1-13-8-16-11-19(24-18(16)9-14(13)2)20(23)21-17(12-22)10-15-6-4-3-5-7-15/h3-9,17,19,22H,10-12H2,1-2H3,(H,21,23). The summed E-state index contributed by atoms with van der Waals surface area (Å²) in [6.07, 6.45) is 0.651. The number of benzene rings is 2. The smallest absolute Gasteiger partial charge is 0.261 e. The van der Waals surface area contributed by atoms with Crippen molar-refractivity contribution in [3.8, 4) is 5.75 Å². The molecule has 4 heteroatoms. The Morgan fingerprint density at radius 3 is 2.67 bits per heavy atom. The summed E-state index contributed by atoms with van der Waals surface area (Å²) in [4.78, 5) is 12.5. The number of ether oxygens (including phenoxy) is 1. The first-order chi connectivity index (χ1) is 11.6. The molecule has 0 bridgehead atoms. The van der Waals surface area contributed by atoms with Crippen LogP contribution in [0.4, 0.5) is 0 Å². The lowest BCUT2D eigenvalue weighted by Crippen LogP contribution is -2.45. The highest BCUT2D eigenvalue weighted by Crippen LogP contribution is 2.31. The zero-order valence-corrected chi connectivity index (χ0v) is 14.1. The fraction of sp³-hybridized carbons (Fsp3) is 0.350. The van der Waals surface area contributed by atoms with E-state index in [2.05, 4.69) is 18.3 Å². The summed E-state index contributed by atoms with van der Waals surface area (Å²) in [6, 6.07) is 13.6. The number of aryl methyl sites for hydroxylation is 2. The second-order valence-electron chi connectivity index (χ2n) is 6.43. The van der Waals surface area contributed by atoms with E-state index in [0.29, 0.717) is 12.8 Å². The van der Waals surface area contributed by atoms with Crippen molar-refractivity contribution in [1.29, 1.82) is 0 Å². The van der Waals surface area contributed by atoms with Gasteiger partial charge in [-0.3, -0.25) is 4.79 Å². The van der Waals surface area contributed by atoms with Crippen LogP contribution in [0.5, 0.6) is 5.75 Å². The topological polar surface area (TPSA) is 58.6 Å². The lowest BCUT2D eigenvalue weighted by atomic mass is 10.0. The van der Waals surface area contributed by atoms with Crippen LogP contribution >= 0.6 is 0 Å². The molecule has 1 aliphatic heterocycles. The minimum Gasteiger partial charge on any atom is -0.480 e. The molecule has 2 unspecified atom stereocenters. The van der Waals surface area contributed by atoms with Gasteiger partial charge in [0.1, 0.15) is 5.75 Å². The van der Waals surface area contributed by atoms with E-state index < -0.39 is 6.10 Å². The van der Waals surface area contributed by atoms with E-state index in [1.807, 2.05) is 43.3 Å². The van der Waals surface area contributed by atoms with Crippen LogP contribution in [-0.2, 0) is 17.6 Å². The third-order valence-electron chi connectivity index (χ3n) is 4.54. The van der Waals surface area contributed by atoms with Crippen molar-refractivity contribution in [2.24, 2.45) is 0 Å². The summed E-state index contributed by atoms with van der Waals surface area (Å²) < 4.78 is 5.81. The van der Waals surface area contributed by atoms with Crippen LogP contribution < -0.4 is 10.1 Å². The minimum absolute atomic E-state index is 0.0987. The molecule has 0 saturated carbocycles. The number of carbonyl (C=O) groups is 1. The third kappa shape index (κ3) is 3.60. The van der Waals surface area contributed by atoms with Gasteiger partial charge in [-0.2, -0.15) is 0 Å². The van der Waals surface area contributed by atoms with Crippen molar-refractivity contribution in [2.45, 2.75) is 38.8 Å². The van der Waals surface area contributed by atoms with Gasteiger partial charge in [-0.15, -0.1) is 0 Å². The Bertz CT molecular complexity index is 696. The van der Waals surface area contributed by atoms with E-state index in [-0.39, 0.29) is 18.6 Å². The molecule has 24 heavy (non-hydrogen) atoms. The average molecular weight is 325 g/mol. The van der Waals surface area contributed by atoms with Crippen LogP contribution in [0, 0.1) is 13.8 Å². The van der Waals surface area contributed by atoms with Gasteiger partial charge in [-0.05, 0) is 48.6 Å². The van der Waals surface area contributed by atoms with Gasteiger partial charge in [-0.1, -0.05) is 36.4 Å². The Hall–Kier alpha value is -2.33. The number of fused-ring (bicyclic) bond motifs is 1. The molecule has 0 aliphatic carbocycles. The van der Waals surface area contributed by atoms with Gasteiger partial charge in [-0.25, -0.2) is 0 Å². The van der Waals surface area contributed by atoms with Gasteiger partial charge in [0, 0.05) is 6.42 Å². The number of carbonyl (C=O) groups excluding carboxylic acids is 1. The normalized spacial score (nSPS) is 17.0. The molecule has 0 spiro atoms. The third-order valence-corrected chi connectivity index (χ3v) is 4.54. The molecule has 2 aromatic carbocycles. The molecule has 1 aliphatic rings. The molecule has 1 heterocycles. The van der Waals surface area contributed by atoms with Gasteiger partial charge in [0.15, 0.2) is 6.10 Å². The predicted molar refractivity (Wildman–Crippen MR) is 93.2 cm³/mol. The Labute approximate surface area is 142 Å². The molecule has 2 aromatic rings. The highest BCUT2D eigenvalue weighted by Gasteiger charge is 2.30. The molecule has 1 amide bonds. The predicted octanol–water partition coefficient (Wildman–Crippen LogP) is 2.33. The largest absolute Gasteiger partial charge is 0.480 e. The SMILES string of the molecule is Cc1cc2c(cc1C)OC(C(=O)NC(CO)Cc1ccccc1)C2. The molecule has 4 nitrogen and oxygen atoms in total. The van der Waals surface area contributed by atoms with E-state index in [1.165, 1.54) is 5.56 Å². The first-order valence-corrected chi connectivity index (χ1v) is 8.28. The van der Waals surface area contributed by atoms with Crippen molar-refractivity contribution in [1.82, 2.24) is 5.32 Å². The lowest BCUT2D eigenvalue weighted by Gasteiger charge is -2.19. The van der Waals surface area contributed by atoms with Gasteiger partial charge in [0.05, 0.1) is 12.6 Å². The van der Waals surface area contributed by atoms with Crippen molar-refractivity contribution in [3.05, 3.63) is 64.7 Å². The minimum atomic E-state index is -0.522. The quantitative estimate of drug-likeness (QED) is 0.887. The van der Waals surface area contributed by atoms with Crippen molar-refractivity contribution >= 4 is 5.91 Å². The van der Waals surface area contributed by atoms with E-state index >= 15 is 0 Å². The second-order valence-corrected chi connectivity index (χ2v) is 6.43. The Morgan fingerprint density at radius 1 is 1.25 bits per heavy atom. The molecule has 126 valence electrons. The van der Waals surface area contributed by atoms with E-state index in [1.54, 1.807) is 0 Å². The van der Waals surface area contributed by atoms with Gasteiger partial charge < -0.3 is 15.2 Å². The number of aliphatic hydroxyl groups excluding tert-OH is 1. The van der Waals surface area contributed by atoms with Crippen LogP contribution in [0.3, 0.4) is 0 Å². The van der Waals surface area contributed by atoms with Crippen LogP contribution in [0.15, 0.2) is 42.5 Å². The number of hydrogen-bond donors (Lipinski definition) is 2. The monoisotopic (exact) mass is 325 g/mol. The number of amides is 1. The maximum Gasteiger partial charge on any atom is 0.261 e. The van der Waals surface area contributed by atoms with Crippen LogP contribution in [0.2, 0.25) is 0 Å². The van der Waals surface area contributed by atoms with Crippen molar-refractivity contribution in [3.63, 3.8) is 0 Å². The van der Waals surface area contributed by atoms with Gasteiger partial charge in [0.2, 0.25) is 0 Å². The maximum absolute atomic E-state index is 12.5. The van der Waals surface area contributed by atoms with Crippen molar-refractivity contribution in [2.75, 3.05) is 6.61 Å². The molecule has 2 atom stereocenters. The molecule has 0 radical (unpaired) electrons. The molecule has 3 rings (SSSR count). The number of hydrogen-bond acceptors (Lipinski definition) is 3. The van der Waals surface area contributed by atoms with E-state index in [0.717, 1.165) is 22.4 Å². The summed E-state index contributed by atoms with van der Waals surface area (Å²) >= 11 is 0. The first-order valence-electron chi connectivity index (χ1n) is 8.28. The lowest BCUT2D eigenvalue weighted by molar-refractivity contribution is -0.128. The molecular formula is C20H23NO3. The average Bonchev–Trinajstić information content (AvgIpc) is 2.98. The number of aliphatic hydroxyl groups is 1. The number of nitrogens with one attached hydrogen (secondary N) is 1. The van der Waals surface area contributed by atoms with Crippen LogP contribution in [0.1, 0.15) is 22.3 Å². The Morgan fingerprint density at radius 2 is 1.96 bits per heavy atom. The molecule has 0 aromatic heterocycles. The summed E-state index contributed by atoms with van der Waals surface area (Å²) in [5.41, 5.74) is 4.52.